The lowest BCUT2D eigenvalue weighted by molar-refractivity contribution is 0.283. The maximum atomic E-state index is 10.9. The zero-order valence-electron chi connectivity index (χ0n) is 9.78. The topological polar surface area (TPSA) is 66.8 Å². The molecule has 0 saturated heterocycles. The summed E-state index contributed by atoms with van der Waals surface area (Å²) in [7, 11) is -4.55. The van der Waals surface area contributed by atoms with E-state index < -0.39 is 7.82 Å². The van der Waals surface area contributed by atoms with Gasteiger partial charge in [-0.15, -0.1) is 0 Å². The molecule has 0 radical (unpaired) electrons. The molecule has 0 spiro atoms. The molecule has 94 valence electrons. The number of aryl methyl sites for hydroxylation is 1. The minimum absolute atomic E-state index is 0.181. The van der Waals surface area contributed by atoms with Crippen LogP contribution in [0.25, 0.3) is 11.1 Å². The molecule has 0 atom stereocenters. The molecule has 0 saturated carbocycles. The van der Waals surface area contributed by atoms with Gasteiger partial charge in [-0.1, -0.05) is 42.0 Å². The van der Waals surface area contributed by atoms with Crippen LogP contribution in [0.3, 0.4) is 0 Å². The Morgan fingerprint density at radius 1 is 1.06 bits per heavy atom. The van der Waals surface area contributed by atoms with Crippen LogP contribution < -0.4 is 4.52 Å². The summed E-state index contributed by atoms with van der Waals surface area (Å²) in [5, 5.41) is 0. The normalized spacial score (nSPS) is 11.3. The van der Waals surface area contributed by atoms with Crippen molar-refractivity contribution in [2.24, 2.45) is 0 Å². The average Bonchev–Trinajstić information content (AvgIpc) is 2.31. The summed E-state index contributed by atoms with van der Waals surface area (Å²) >= 11 is 0. The van der Waals surface area contributed by atoms with Crippen molar-refractivity contribution in [1.29, 1.82) is 0 Å². The fraction of sp³-hybridized carbons (Fsp3) is 0.0769. The molecule has 0 aliphatic carbocycles. The highest BCUT2D eigenvalue weighted by atomic mass is 31.2. The molecule has 0 aliphatic rings. The molecule has 0 unspecified atom stereocenters. The first-order chi connectivity index (χ1) is 8.46. The number of benzene rings is 2. The Morgan fingerprint density at radius 2 is 1.72 bits per heavy atom. The van der Waals surface area contributed by atoms with E-state index >= 15 is 0 Å². The number of hydrogen-bond donors (Lipinski definition) is 2. The van der Waals surface area contributed by atoms with Crippen molar-refractivity contribution in [3.8, 4) is 16.9 Å². The Labute approximate surface area is 105 Å². The molecule has 0 fully saturated rings. The lowest BCUT2D eigenvalue weighted by Crippen LogP contribution is -1.93. The molecule has 0 aliphatic heterocycles. The van der Waals surface area contributed by atoms with Gasteiger partial charge < -0.3 is 4.52 Å². The Kier molecular flexibility index (Phi) is 3.53. The summed E-state index contributed by atoms with van der Waals surface area (Å²) in [5.41, 5.74) is 2.51. The minimum Gasteiger partial charge on any atom is -0.404 e. The van der Waals surface area contributed by atoms with Crippen molar-refractivity contribution in [2.75, 3.05) is 0 Å². The highest BCUT2D eigenvalue weighted by molar-refractivity contribution is 7.46. The maximum absolute atomic E-state index is 10.9. The molecule has 0 bridgehead atoms. The first-order valence-electron chi connectivity index (χ1n) is 5.37. The van der Waals surface area contributed by atoms with Crippen LogP contribution in [0.1, 0.15) is 5.56 Å². The molecule has 2 rings (SSSR count). The molecule has 5 heteroatoms. The Morgan fingerprint density at radius 3 is 2.33 bits per heavy atom. The van der Waals surface area contributed by atoms with Crippen LogP contribution in [0.4, 0.5) is 0 Å². The molecule has 0 aromatic heterocycles. The summed E-state index contributed by atoms with van der Waals surface area (Å²) in [6, 6.07) is 14.5. The second-order valence-electron chi connectivity index (χ2n) is 3.95. The molecule has 2 aromatic rings. The van der Waals surface area contributed by atoms with Gasteiger partial charge in [0.25, 0.3) is 0 Å². The van der Waals surface area contributed by atoms with Crippen molar-refractivity contribution < 1.29 is 18.9 Å². The molecule has 18 heavy (non-hydrogen) atoms. The number of rotatable bonds is 3. The van der Waals surface area contributed by atoms with E-state index in [1.807, 2.05) is 43.3 Å². The Hall–Kier alpha value is -1.61. The van der Waals surface area contributed by atoms with Gasteiger partial charge >= 0.3 is 7.82 Å². The van der Waals surface area contributed by atoms with E-state index in [1.165, 1.54) is 0 Å². The third-order valence-electron chi connectivity index (χ3n) is 2.44. The van der Waals surface area contributed by atoms with Gasteiger partial charge in [0.2, 0.25) is 0 Å². The third-order valence-corrected chi connectivity index (χ3v) is 2.87. The Balaban J connectivity index is 2.51. The van der Waals surface area contributed by atoms with E-state index in [2.05, 4.69) is 0 Å². The van der Waals surface area contributed by atoms with E-state index in [1.54, 1.807) is 12.1 Å². The molecule has 0 amide bonds. The standard InChI is InChI=1S/C13H13O4P/c1-10-7-8-13(17-18(14,15)16)12(9-10)11-5-3-2-4-6-11/h2-9H,1H3,(H2,14,15,16). The van der Waals surface area contributed by atoms with Crippen LogP contribution in [0.2, 0.25) is 0 Å². The van der Waals surface area contributed by atoms with E-state index in [0.717, 1.165) is 11.1 Å². The molecule has 2 aromatic carbocycles. The van der Waals surface area contributed by atoms with Gasteiger partial charge in [-0.25, -0.2) is 4.57 Å². The number of phosphoric acid groups is 1. The lowest BCUT2D eigenvalue weighted by Gasteiger charge is -2.12. The van der Waals surface area contributed by atoms with E-state index in [4.69, 9.17) is 14.3 Å². The first-order valence-corrected chi connectivity index (χ1v) is 6.90. The monoisotopic (exact) mass is 264 g/mol. The molecule has 0 heterocycles. The van der Waals surface area contributed by atoms with Crippen molar-refractivity contribution in [3.05, 3.63) is 54.1 Å². The average molecular weight is 264 g/mol. The quantitative estimate of drug-likeness (QED) is 0.836. The zero-order valence-corrected chi connectivity index (χ0v) is 10.7. The van der Waals surface area contributed by atoms with Crippen LogP contribution in [0.15, 0.2) is 48.5 Å². The third kappa shape index (κ3) is 3.20. The van der Waals surface area contributed by atoms with Crippen molar-refractivity contribution in [3.63, 3.8) is 0 Å². The van der Waals surface area contributed by atoms with Crippen molar-refractivity contribution in [2.45, 2.75) is 6.92 Å². The highest BCUT2D eigenvalue weighted by Crippen LogP contribution is 2.42. The fourth-order valence-corrected chi connectivity index (χ4v) is 2.11. The van der Waals surface area contributed by atoms with Gasteiger partial charge in [-0.05, 0) is 24.6 Å². The number of phosphoric ester groups is 1. The van der Waals surface area contributed by atoms with E-state index in [9.17, 15) is 4.57 Å². The van der Waals surface area contributed by atoms with Gasteiger partial charge in [0.15, 0.2) is 0 Å². The van der Waals surface area contributed by atoms with Gasteiger partial charge in [-0.2, -0.15) is 0 Å². The molecular weight excluding hydrogens is 251 g/mol. The summed E-state index contributed by atoms with van der Waals surface area (Å²) in [5.74, 6) is 0.181. The molecule has 2 N–H and O–H groups in total. The van der Waals surface area contributed by atoms with Crippen LogP contribution >= 0.6 is 7.82 Å². The van der Waals surface area contributed by atoms with E-state index in [-0.39, 0.29) is 5.75 Å². The fourth-order valence-electron chi connectivity index (χ4n) is 1.69. The first kappa shape index (κ1) is 12.8. The zero-order chi connectivity index (χ0) is 13.2. The van der Waals surface area contributed by atoms with Crippen molar-refractivity contribution in [1.82, 2.24) is 0 Å². The maximum Gasteiger partial charge on any atom is 0.524 e. The predicted octanol–water partition coefficient (Wildman–Crippen LogP) is 3.13. The Bertz CT molecular complexity index is 589. The van der Waals surface area contributed by atoms with Crippen LogP contribution in [-0.2, 0) is 4.57 Å². The van der Waals surface area contributed by atoms with Crippen LogP contribution in [-0.4, -0.2) is 9.79 Å². The van der Waals surface area contributed by atoms with Gasteiger partial charge in [0.05, 0.1) is 0 Å². The van der Waals surface area contributed by atoms with Crippen LogP contribution in [0, 0.1) is 6.92 Å². The molecule has 4 nitrogen and oxygen atoms in total. The largest absolute Gasteiger partial charge is 0.524 e. The second kappa shape index (κ2) is 4.94. The SMILES string of the molecule is Cc1ccc(OP(=O)(O)O)c(-c2ccccc2)c1. The molecular formula is C13H13O4P. The van der Waals surface area contributed by atoms with Gasteiger partial charge in [0.1, 0.15) is 5.75 Å². The summed E-state index contributed by atoms with van der Waals surface area (Å²) in [4.78, 5) is 17.8. The van der Waals surface area contributed by atoms with Crippen LogP contribution in [0.5, 0.6) is 5.75 Å². The highest BCUT2D eigenvalue weighted by Gasteiger charge is 2.18. The van der Waals surface area contributed by atoms with E-state index in [0.29, 0.717) is 5.56 Å². The number of hydrogen-bond acceptors (Lipinski definition) is 2. The summed E-state index contributed by atoms with van der Waals surface area (Å²) in [6.07, 6.45) is 0. The lowest BCUT2D eigenvalue weighted by atomic mass is 10.0. The second-order valence-corrected chi connectivity index (χ2v) is 5.11. The van der Waals surface area contributed by atoms with Gasteiger partial charge in [-0.3, -0.25) is 9.79 Å². The minimum atomic E-state index is -4.55. The smallest absolute Gasteiger partial charge is 0.404 e. The summed E-state index contributed by atoms with van der Waals surface area (Å²) < 4.78 is 15.7. The predicted molar refractivity (Wildman–Crippen MR) is 69.3 cm³/mol. The van der Waals surface area contributed by atoms with Crippen molar-refractivity contribution >= 4 is 7.82 Å². The van der Waals surface area contributed by atoms with Gasteiger partial charge in [0, 0.05) is 5.56 Å². The summed E-state index contributed by atoms with van der Waals surface area (Å²) in [6.45, 7) is 1.91.